The molecule has 0 unspecified atom stereocenters. The molecular formula is C15H22O4. The molecule has 0 atom stereocenters. The third kappa shape index (κ3) is 2.26. The van der Waals surface area contributed by atoms with E-state index in [4.69, 9.17) is 4.74 Å². The van der Waals surface area contributed by atoms with Crippen molar-refractivity contribution in [2.24, 2.45) is 23.7 Å². The molecule has 4 aliphatic rings. The summed E-state index contributed by atoms with van der Waals surface area (Å²) >= 11 is 0. The van der Waals surface area contributed by atoms with Gasteiger partial charge in [0.05, 0.1) is 6.42 Å². The molecule has 19 heavy (non-hydrogen) atoms. The van der Waals surface area contributed by atoms with Crippen molar-refractivity contribution < 1.29 is 19.1 Å². The van der Waals surface area contributed by atoms with E-state index in [0.29, 0.717) is 18.3 Å². The zero-order chi connectivity index (χ0) is 13.5. The molecule has 106 valence electrons. The van der Waals surface area contributed by atoms with Crippen molar-refractivity contribution in [3.05, 3.63) is 0 Å². The third-order valence-electron chi connectivity index (χ3n) is 5.59. The Morgan fingerprint density at radius 3 is 2.26 bits per heavy atom. The first kappa shape index (κ1) is 12.9. The maximum Gasteiger partial charge on any atom is 0.309 e. The van der Waals surface area contributed by atoms with Crippen LogP contribution >= 0.6 is 0 Å². The summed E-state index contributed by atoms with van der Waals surface area (Å²) in [6, 6.07) is 0. The molecule has 0 N–H and O–H groups in total. The van der Waals surface area contributed by atoms with Gasteiger partial charge in [0.1, 0.15) is 12.2 Å². The summed E-state index contributed by atoms with van der Waals surface area (Å²) in [5.74, 6) is 2.59. The van der Waals surface area contributed by atoms with Crippen LogP contribution in [-0.2, 0) is 19.1 Å². The lowest BCUT2D eigenvalue weighted by Crippen LogP contribution is -2.58. The molecule has 0 aromatic carbocycles. The van der Waals surface area contributed by atoms with Gasteiger partial charge in [-0.3, -0.25) is 9.59 Å². The minimum Gasteiger partial charge on any atom is -0.467 e. The Labute approximate surface area is 113 Å². The highest BCUT2D eigenvalue weighted by Gasteiger charge is 2.56. The molecule has 0 aromatic heterocycles. The average Bonchev–Trinajstić information content (AvgIpc) is 2.35. The van der Waals surface area contributed by atoms with Gasteiger partial charge >= 0.3 is 5.97 Å². The van der Waals surface area contributed by atoms with E-state index in [9.17, 15) is 9.59 Å². The van der Waals surface area contributed by atoms with Crippen molar-refractivity contribution in [2.45, 2.75) is 51.0 Å². The number of carbonyl (C=O) groups excluding carboxylic acids is 2. The van der Waals surface area contributed by atoms with Gasteiger partial charge in [0.25, 0.3) is 6.47 Å². The van der Waals surface area contributed by atoms with Crippen LogP contribution in [0.4, 0.5) is 0 Å². The zero-order valence-corrected chi connectivity index (χ0v) is 11.5. The predicted molar refractivity (Wildman–Crippen MR) is 68.2 cm³/mol. The fourth-order valence-electron chi connectivity index (χ4n) is 4.77. The van der Waals surface area contributed by atoms with Crippen molar-refractivity contribution in [3.8, 4) is 0 Å². The minimum absolute atomic E-state index is 0.124. The van der Waals surface area contributed by atoms with Gasteiger partial charge < -0.3 is 9.47 Å². The summed E-state index contributed by atoms with van der Waals surface area (Å²) < 4.78 is 10.4. The second-order valence-corrected chi connectivity index (χ2v) is 6.68. The molecule has 4 aliphatic carbocycles. The second kappa shape index (κ2) is 4.80. The first-order valence-corrected chi connectivity index (χ1v) is 7.39. The summed E-state index contributed by atoms with van der Waals surface area (Å²) in [6.07, 6.45) is 6.46. The number of esters is 1. The summed E-state index contributed by atoms with van der Waals surface area (Å²) in [5.41, 5.74) is -0.272. The van der Waals surface area contributed by atoms with E-state index < -0.39 is 0 Å². The van der Waals surface area contributed by atoms with Gasteiger partial charge in [-0.15, -0.1) is 0 Å². The van der Waals surface area contributed by atoms with Crippen LogP contribution in [0.2, 0.25) is 0 Å². The summed E-state index contributed by atoms with van der Waals surface area (Å²) in [5, 5.41) is 0. The highest BCUT2D eigenvalue weighted by molar-refractivity contribution is 5.70. The van der Waals surface area contributed by atoms with Gasteiger partial charge in [0, 0.05) is 0 Å². The lowest BCUT2D eigenvalue weighted by Gasteiger charge is -2.59. The van der Waals surface area contributed by atoms with E-state index in [1.165, 1.54) is 32.1 Å². The first-order chi connectivity index (χ1) is 9.11. The van der Waals surface area contributed by atoms with E-state index >= 15 is 0 Å². The molecule has 0 radical (unpaired) electrons. The van der Waals surface area contributed by atoms with Crippen LogP contribution in [0.25, 0.3) is 0 Å². The number of hydrogen-bond donors (Lipinski definition) is 0. The van der Waals surface area contributed by atoms with Gasteiger partial charge in [0.15, 0.2) is 0 Å². The van der Waals surface area contributed by atoms with Crippen LogP contribution in [0.15, 0.2) is 0 Å². The molecule has 4 bridgehead atoms. The van der Waals surface area contributed by atoms with E-state index in [-0.39, 0.29) is 24.6 Å². The van der Waals surface area contributed by atoms with Crippen LogP contribution in [0.3, 0.4) is 0 Å². The van der Waals surface area contributed by atoms with Crippen LogP contribution in [-0.4, -0.2) is 24.6 Å². The molecule has 0 heterocycles. The monoisotopic (exact) mass is 266 g/mol. The molecule has 4 heteroatoms. The first-order valence-electron chi connectivity index (χ1n) is 7.39. The normalized spacial score (nSPS) is 43.0. The number of rotatable bonds is 5. The van der Waals surface area contributed by atoms with Gasteiger partial charge in [-0.25, -0.2) is 0 Å². The standard InChI is InChI=1S/C15H22O4/c1-15(19-14(17)2-3-18-9-16)12-5-10-4-11(7-12)8-13(15)6-10/h9-13H,2-8H2,1H3. The zero-order valence-electron chi connectivity index (χ0n) is 11.5. The Morgan fingerprint density at radius 1 is 1.16 bits per heavy atom. The molecule has 4 nitrogen and oxygen atoms in total. The highest BCUT2D eigenvalue weighted by Crippen LogP contribution is 2.59. The summed E-state index contributed by atoms with van der Waals surface area (Å²) in [7, 11) is 0. The van der Waals surface area contributed by atoms with Crippen LogP contribution < -0.4 is 0 Å². The molecule has 4 saturated carbocycles. The van der Waals surface area contributed by atoms with E-state index in [1.807, 2.05) is 0 Å². The van der Waals surface area contributed by atoms with Crippen molar-refractivity contribution in [1.82, 2.24) is 0 Å². The maximum absolute atomic E-state index is 11.9. The lowest BCUT2D eigenvalue weighted by atomic mass is 9.50. The molecule has 0 saturated heterocycles. The Bertz CT molecular complexity index is 348. The van der Waals surface area contributed by atoms with Crippen molar-refractivity contribution in [3.63, 3.8) is 0 Å². The molecule has 0 spiro atoms. The fourth-order valence-corrected chi connectivity index (χ4v) is 4.77. The molecule has 0 amide bonds. The molecule has 0 aliphatic heterocycles. The van der Waals surface area contributed by atoms with Crippen molar-refractivity contribution in [1.29, 1.82) is 0 Å². The maximum atomic E-state index is 11.9. The smallest absolute Gasteiger partial charge is 0.309 e. The number of hydrogen-bond acceptors (Lipinski definition) is 4. The SMILES string of the molecule is CC1(OC(=O)CCOC=O)C2CC3CC(C2)CC1C3. The van der Waals surface area contributed by atoms with Crippen molar-refractivity contribution >= 4 is 12.4 Å². The van der Waals surface area contributed by atoms with Gasteiger partial charge in [-0.2, -0.15) is 0 Å². The summed E-state index contributed by atoms with van der Waals surface area (Å²) in [6.45, 7) is 2.62. The van der Waals surface area contributed by atoms with Crippen LogP contribution in [0.5, 0.6) is 0 Å². The third-order valence-corrected chi connectivity index (χ3v) is 5.59. The lowest BCUT2D eigenvalue weighted by molar-refractivity contribution is -0.203. The number of ether oxygens (including phenoxy) is 2. The topological polar surface area (TPSA) is 52.6 Å². The summed E-state index contributed by atoms with van der Waals surface area (Å²) in [4.78, 5) is 22.0. The largest absolute Gasteiger partial charge is 0.467 e. The van der Waals surface area contributed by atoms with Gasteiger partial charge in [-0.1, -0.05) is 0 Å². The highest BCUT2D eigenvalue weighted by atomic mass is 16.6. The van der Waals surface area contributed by atoms with Gasteiger partial charge in [0.2, 0.25) is 0 Å². The molecule has 0 aromatic rings. The Hall–Kier alpha value is -1.06. The second-order valence-electron chi connectivity index (χ2n) is 6.68. The van der Waals surface area contributed by atoms with Gasteiger partial charge in [-0.05, 0) is 62.7 Å². The number of carbonyl (C=O) groups is 2. The van der Waals surface area contributed by atoms with E-state index in [0.717, 1.165) is 11.8 Å². The Morgan fingerprint density at radius 2 is 1.74 bits per heavy atom. The average molecular weight is 266 g/mol. The Balaban J connectivity index is 1.63. The van der Waals surface area contributed by atoms with Crippen LogP contribution in [0, 0.1) is 23.7 Å². The van der Waals surface area contributed by atoms with Crippen LogP contribution in [0.1, 0.15) is 45.4 Å². The van der Waals surface area contributed by atoms with E-state index in [1.54, 1.807) is 0 Å². The fraction of sp³-hybridized carbons (Fsp3) is 0.867. The quantitative estimate of drug-likeness (QED) is 0.435. The minimum atomic E-state index is -0.272. The van der Waals surface area contributed by atoms with E-state index in [2.05, 4.69) is 11.7 Å². The molecule has 4 rings (SSSR count). The Kier molecular flexibility index (Phi) is 3.27. The predicted octanol–water partition coefficient (Wildman–Crippen LogP) is 2.31. The van der Waals surface area contributed by atoms with Crippen molar-refractivity contribution in [2.75, 3.05) is 6.61 Å². The molecule has 4 fully saturated rings. The molecular weight excluding hydrogens is 244 g/mol.